The molecule has 0 bridgehead atoms. The first-order valence-corrected chi connectivity index (χ1v) is 6.97. The van der Waals surface area contributed by atoms with Gasteiger partial charge in [-0.25, -0.2) is 0 Å². The molecule has 0 saturated heterocycles. The molecule has 15 heavy (non-hydrogen) atoms. The van der Waals surface area contributed by atoms with Crippen LogP contribution in [0.3, 0.4) is 0 Å². The van der Waals surface area contributed by atoms with E-state index in [0.29, 0.717) is 0 Å². The van der Waals surface area contributed by atoms with E-state index in [1.54, 1.807) is 0 Å². The molecule has 0 spiro atoms. The van der Waals surface area contributed by atoms with Crippen LogP contribution in [0.15, 0.2) is 0 Å². The Hall–Kier alpha value is 0. The Kier molecular flexibility index (Phi) is 4.67. The zero-order valence-corrected chi connectivity index (χ0v) is 11.6. The standard InChI is InChI=1S/C15H30/c1-7-14-9-15(14)12(5)8-11(4)13(6)10(2)3/h10-15H,7-9H2,1-6H3. The molecule has 5 unspecified atom stereocenters. The van der Waals surface area contributed by atoms with Gasteiger partial charge in [0.25, 0.3) is 0 Å². The Morgan fingerprint density at radius 2 is 1.67 bits per heavy atom. The second kappa shape index (κ2) is 5.37. The summed E-state index contributed by atoms with van der Waals surface area (Å²) in [4.78, 5) is 0. The smallest absolute Gasteiger partial charge is 0.0357 e. The molecule has 0 nitrogen and oxygen atoms in total. The Morgan fingerprint density at radius 3 is 2.07 bits per heavy atom. The minimum atomic E-state index is 0.841. The van der Waals surface area contributed by atoms with E-state index in [2.05, 4.69) is 41.5 Å². The maximum Gasteiger partial charge on any atom is -0.0357 e. The van der Waals surface area contributed by atoms with Crippen LogP contribution in [-0.2, 0) is 0 Å². The summed E-state index contributed by atoms with van der Waals surface area (Å²) in [5, 5.41) is 0. The van der Waals surface area contributed by atoms with Crippen LogP contribution >= 0.6 is 0 Å². The van der Waals surface area contributed by atoms with Gasteiger partial charge in [0.1, 0.15) is 0 Å². The molecule has 1 aliphatic rings. The van der Waals surface area contributed by atoms with Gasteiger partial charge in [-0.05, 0) is 48.3 Å². The molecule has 0 heteroatoms. The zero-order chi connectivity index (χ0) is 11.6. The highest BCUT2D eigenvalue weighted by Crippen LogP contribution is 2.48. The lowest BCUT2D eigenvalue weighted by molar-refractivity contribution is 0.239. The number of hydrogen-bond donors (Lipinski definition) is 0. The second-order valence-corrected chi connectivity index (χ2v) is 6.36. The van der Waals surface area contributed by atoms with Crippen molar-refractivity contribution in [3.8, 4) is 0 Å². The minimum absolute atomic E-state index is 0.841. The summed E-state index contributed by atoms with van der Waals surface area (Å²) >= 11 is 0. The molecule has 0 aromatic rings. The lowest BCUT2D eigenvalue weighted by Gasteiger charge is -2.26. The van der Waals surface area contributed by atoms with Gasteiger partial charge in [-0.3, -0.25) is 0 Å². The van der Waals surface area contributed by atoms with E-state index >= 15 is 0 Å². The molecule has 0 aliphatic heterocycles. The molecular weight excluding hydrogens is 180 g/mol. The molecule has 0 amide bonds. The van der Waals surface area contributed by atoms with Gasteiger partial charge in [0.15, 0.2) is 0 Å². The molecule has 0 aromatic carbocycles. The molecule has 1 saturated carbocycles. The van der Waals surface area contributed by atoms with Crippen LogP contribution < -0.4 is 0 Å². The van der Waals surface area contributed by atoms with E-state index in [9.17, 15) is 0 Å². The van der Waals surface area contributed by atoms with Crippen molar-refractivity contribution in [2.75, 3.05) is 0 Å². The van der Waals surface area contributed by atoms with Crippen LogP contribution in [-0.4, -0.2) is 0 Å². The van der Waals surface area contributed by atoms with Crippen LogP contribution in [0, 0.1) is 35.5 Å². The van der Waals surface area contributed by atoms with Crippen LogP contribution in [0.25, 0.3) is 0 Å². The van der Waals surface area contributed by atoms with E-state index < -0.39 is 0 Å². The molecule has 90 valence electrons. The first-order chi connectivity index (χ1) is 6.97. The normalized spacial score (nSPS) is 31.4. The molecule has 0 heterocycles. The SMILES string of the molecule is CCC1CC1C(C)CC(C)C(C)C(C)C. The third kappa shape index (κ3) is 3.50. The highest BCUT2D eigenvalue weighted by molar-refractivity contribution is 4.89. The van der Waals surface area contributed by atoms with E-state index in [1.807, 2.05) is 0 Å². The van der Waals surface area contributed by atoms with E-state index in [1.165, 1.54) is 19.3 Å². The monoisotopic (exact) mass is 210 g/mol. The molecule has 0 N–H and O–H groups in total. The maximum absolute atomic E-state index is 2.48. The Morgan fingerprint density at radius 1 is 1.07 bits per heavy atom. The summed E-state index contributed by atoms with van der Waals surface area (Å²) < 4.78 is 0. The fraction of sp³-hybridized carbons (Fsp3) is 1.00. The third-order valence-electron chi connectivity index (χ3n) is 4.93. The van der Waals surface area contributed by atoms with Crippen molar-refractivity contribution in [3.63, 3.8) is 0 Å². The minimum Gasteiger partial charge on any atom is -0.0651 e. The van der Waals surface area contributed by atoms with Gasteiger partial charge in [-0.2, -0.15) is 0 Å². The summed E-state index contributed by atoms with van der Waals surface area (Å²) in [5.74, 6) is 5.72. The van der Waals surface area contributed by atoms with Crippen molar-refractivity contribution >= 4 is 0 Å². The number of hydrogen-bond acceptors (Lipinski definition) is 0. The fourth-order valence-electron chi connectivity index (χ4n) is 3.07. The van der Waals surface area contributed by atoms with Crippen molar-refractivity contribution in [2.45, 2.75) is 60.8 Å². The first kappa shape index (κ1) is 13.1. The summed E-state index contributed by atoms with van der Waals surface area (Å²) in [6.45, 7) is 14.4. The summed E-state index contributed by atoms with van der Waals surface area (Å²) in [7, 11) is 0. The first-order valence-electron chi connectivity index (χ1n) is 6.97. The van der Waals surface area contributed by atoms with Crippen molar-refractivity contribution in [1.29, 1.82) is 0 Å². The van der Waals surface area contributed by atoms with Gasteiger partial charge >= 0.3 is 0 Å². The largest absolute Gasteiger partial charge is 0.0651 e. The summed E-state index contributed by atoms with van der Waals surface area (Å²) in [6, 6.07) is 0. The van der Waals surface area contributed by atoms with Crippen LogP contribution in [0.5, 0.6) is 0 Å². The highest BCUT2D eigenvalue weighted by atomic mass is 14.4. The molecule has 1 aliphatic carbocycles. The van der Waals surface area contributed by atoms with Crippen LogP contribution in [0.4, 0.5) is 0 Å². The molecule has 1 rings (SSSR count). The Labute approximate surface area is 96.8 Å². The van der Waals surface area contributed by atoms with Crippen molar-refractivity contribution in [2.24, 2.45) is 35.5 Å². The number of rotatable bonds is 6. The maximum atomic E-state index is 2.48. The van der Waals surface area contributed by atoms with Gasteiger partial charge in [-0.15, -0.1) is 0 Å². The summed E-state index contributed by atoms with van der Waals surface area (Å²) in [6.07, 6.45) is 4.37. The predicted molar refractivity (Wildman–Crippen MR) is 68.8 cm³/mol. The van der Waals surface area contributed by atoms with E-state index in [-0.39, 0.29) is 0 Å². The van der Waals surface area contributed by atoms with Crippen molar-refractivity contribution < 1.29 is 0 Å². The van der Waals surface area contributed by atoms with Gasteiger partial charge in [0.05, 0.1) is 0 Å². The van der Waals surface area contributed by atoms with Gasteiger partial charge in [-0.1, -0.05) is 48.0 Å². The molecule has 1 fully saturated rings. The Bertz CT molecular complexity index is 182. The fourth-order valence-corrected chi connectivity index (χ4v) is 3.07. The van der Waals surface area contributed by atoms with Crippen molar-refractivity contribution in [1.82, 2.24) is 0 Å². The lowest BCUT2D eigenvalue weighted by Crippen LogP contribution is -2.17. The third-order valence-corrected chi connectivity index (χ3v) is 4.93. The predicted octanol–water partition coefficient (Wildman–Crippen LogP) is 4.99. The average Bonchev–Trinajstić information content (AvgIpc) is 2.95. The van der Waals surface area contributed by atoms with Gasteiger partial charge < -0.3 is 0 Å². The van der Waals surface area contributed by atoms with Gasteiger partial charge in [0, 0.05) is 0 Å². The van der Waals surface area contributed by atoms with Crippen molar-refractivity contribution in [3.05, 3.63) is 0 Å². The van der Waals surface area contributed by atoms with Crippen LogP contribution in [0.1, 0.15) is 60.8 Å². The lowest BCUT2D eigenvalue weighted by atomic mass is 9.80. The average molecular weight is 210 g/mol. The van der Waals surface area contributed by atoms with Crippen LogP contribution in [0.2, 0.25) is 0 Å². The Balaban J connectivity index is 2.29. The highest BCUT2D eigenvalue weighted by Gasteiger charge is 2.39. The quantitative estimate of drug-likeness (QED) is 0.579. The zero-order valence-electron chi connectivity index (χ0n) is 11.6. The topological polar surface area (TPSA) is 0 Å². The van der Waals surface area contributed by atoms with E-state index in [0.717, 1.165) is 35.5 Å². The second-order valence-electron chi connectivity index (χ2n) is 6.36. The molecule has 0 radical (unpaired) electrons. The molecule has 5 atom stereocenters. The van der Waals surface area contributed by atoms with Gasteiger partial charge in [0.2, 0.25) is 0 Å². The molecular formula is C15H30. The summed E-state index contributed by atoms with van der Waals surface area (Å²) in [5.41, 5.74) is 0. The van der Waals surface area contributed by atoms with E-state index in [4.69, 9.17) is 0 Å². The molecule has 0 aromatic heterocycles.